The Bertz CT molecular complexity index is 220. The SMILES string of the molecule is NC1(O)OC(CO)C(O)C(O)C1(N)O. The number of aliphatic hydroxyl groups excluding tert-OH is 3. The van der Waals surface area contributed by atoms with Crippen LogP contribution in [0.1, 0.15) is 0 Å². The lowest BCUT2D eigenvalue weighted by molar-refractivity contribution is -0.385. The normalized spacial score (nSPS) is 54.6. The summed E-state index contributed by atoms with van der Waals surface area (Å²) in [6.07, 6.45) is -4.88. The molecule has 0 aromatic rings. The topological polar surface area (TPSA) is 162 Å². The van der Waals surface area contributed by atoms with Gasteiger partial charge in [0.1, 0.15) is 18.3 Å². The molecule has 0 bridgehead atoms. The Morgan fingerprint density at radius 3 is 2.14 bits per heavy atom. The summed E-state index contributed by atoms with van der Waals surface area (Å²) in [5.41, 5.74) is 7.41. The number of hydrogen-bond acceptors (Lipinski definition) is 8. The van der Waals surface area contributed by atoms with Crippen molar-refractivity contribution in [1.29, 1.82) is 0 Å². The first kappa shape index (κ1) is 11.8. The molecule has 0 aromatic carbocycles. The first-order chi connectivity index (χ1) is 6.24. The number of ether oxygens (including phenoxy) is 1. The van der Waals surface area contributed by atoms with Crippen LogP contribution < -0.4 is 11.5 Å². The highest BCUT2D eigenvalue weighted by Crippen LogP contribution is 2.29. The van der Waals surface area contributed by atoms with E-state index in [0.717, 1.165) is 0 Å². The Kier molecular flexibility index (Phi) is 2.82. The monoisotopic (exact) mass is 210 g/mol. The van der Waals surface area contributed by atoms with Crippen LogP contribution in [0.3, 0.4) is 0 Å². The zero-order valence-corrected chi connectivity index (χ0v) is 7.24. The van der Waals surface area contributed by atoms with Gasteiger partial charge >= 0.3 is 0 Å². The summed E-state index contributed by atoms with van der Waals surface area (Å²) < 4.78 is 4.52. The van der Waals surface area contributed by atoms with Crippen molar-refractivity contribution in [2.45, 2.75) is 29.9 Å². The quantitative estimate of drug-likeness (QED) is 0.212. The molecule has 1 heterocycles. The Balaban J connectivity index is 2.95. The van der Waals surface area contributed by atoms with Crippen molar-refractivity contribution in [3.8, 4) is 0 Å². The van der Waals surface area contributed by atoms with Crippen LogP contribution in [0, 0.1) is 0 Å². The highest BCUT2D eigenvalue weighted by atomic mass is 16.7. The fourth-order valence-electron chi connectivity index (χ4n) is 1.22. The minimum absolute atomic E-state index is 0.687. The second-order valence-electron chi connectivity index (χ2n) is 3.30. The van der Waals surface area contributed by atoms with Crippen LogP contribution in [-0.4, -0.2) is 62.1 Å². The van der Waals surface area contributed by atoms with Gasteiger partial charge in [0, 0.05) is 0 Å². The fraction of sp³-hybridized carbons (Fsp3) is 1.00. The number of aliphatic hydroxyl groups is 5. The molecule has 1 aliphatic heterocycles. The molecule has 0 radical (unpaired) electrons. The van der Waals surface area contributed by atoms with Crippen LogP contribution >= 0.6 is 0 Å². The summed E-state index contributed by atoms with van der Waals surface area (Å²) in [7, 11) is 0. The molecule has 0 aliphatic carbocycles. The van der Waals surface area contributed by atoms with Crippen molar-refractivity contribution in [3.63, 3.8) is 0 Å². The van der Waals surface area contributed by atoms with Crippen molar-refractivity contribution in [1.82, 2.24) is 0 Å². The first-order valence-corrected chi connectivity index (χ1v) is 3.91. The van der Waals surface area contributed by atoms with Crippen LogP contribution in [0.25, 0.3) is 0 Å². The predicted molar refractivity (Wildman–Crippen MR) is 42.2 cm³/mol. The third-order valence-corrected chi connectivity index (χ3v) is 2.24. The minimum Gasteiger partial charge on any atom is -0.394 e. The molecule has 0 saturated carbocycles. The Morgan fingerprint density at radius 2 is 1.71 bits per heavy atom. The second kappa shape index (κ2) is 3.36. The van der Waals surface area contributed by atoms with E-state index in [1.807, 2.05) is 0 Å². The summed E-state index contributed by atoms with van der Waals surface area (Å²) in [5.74, 6) is -2.74. The first-order valence-electron chi connectivity index (χ1n) is 3.91. The molecule has 1 saturated heterocycles. The van der Waals surface area contributed by atoms with Gasteiger partial charge in [-0.25, -0.2) is 0 Å². The molecule has 8 heteroatoms. The standard InChI is InChI=1S/C6H14N2O6/c7-5(12)4(11)3(10)2(1-9)14-6(5,8)13/h2-4,9-13H,1,7-8H2. The van der Waals surface area contributed by atoms with E-state index in [1.54, 1.807) is 0 Å². The highest BCUT2D eigenvalue weighted by Gasteiger charge is 2.60. The van der Waals surface area contributed by atoms with Crippen molar-refractivity contribution < 1.29 is 30.3 Å². The van der Waals surface area contributed by atoms with Crippen LogP contribution in [0.2, 0.25) is 0 Å². The smallest absolute Gasteiger partial charge is 0.270 e. The zero-order chi connectivity index (χ0) is 11.1. The van der Waals surface area contributed by atoms with Gasteiger partial charge < -0.3 is 30.3 Å². The van der Waals surface area contributed by atoms with Gasteiger partial charge in [-0.15, -0.1) is 0 Å². The molecule has 5 atom stereocenters. The van der Waals surface area contributed by atoms with Crippen LogP contribution in [0.4, 0.5) is 0 Å². The van der Waals surface area contributed by atoms with E-state index in [4.69, 9.17) is 16.6 Å². The van der Waals surface area contributed by atoms with Crippen molar-refractivity contribution in [3.05, 3.63) is 0 Å². The highest BCUT2D eigenvalue weighted by molar-refractivity contribution is 5.01. The number of hydrogen-bond donors (Lipinski definition) is 7. The third kappa shape index (κ3) is 1.51. The van der Waals surface area contributed by atoms with Gasteiger partial charge in [-0.1, -0.05) is 0 Å². The van der Waals surface area contributed by atoms with Crippen LogP contribution in [0.15, 0.2) is 0 Å². The van der Waals surface area contributed by atoms with E-state index in [2.05, 4.69) is 4.74 Å². The van der Waals surface area contributed by atoms with E-state index in [9.17, 15) is 20.4 Å². The molecule has 14 heavy (non-hydrogen) atoms. The second-order valence-corrected chi connectivity index (χ2v) is 3.30. The molecule has 5 unspecified atom stereocenters. The lowest BCUT2D eigenvalue weighted by Gasteiger charge is -2.48. The summed E-state index contributed by atoms with van der Waals surface area (Å²) >= 11 is 0. The third-order valence-electron chi connectivity index (χ3n) is 2.24. The van der Waals surface area contributed by atoms with Crippen molar-refractivity contribution >= 4 is 0 Å². The lowest BCUT2D eigenvalue weighted by atomic mass is 9.92. The molecule has 1 fully saturated rings. The predicted octanol–water partition coefficient (Wildman–Crippen LogP) is -4.65. The molecule has 0 amide bonds. The fourth-order valence-corrected chi connectivity index (χ4v) is 1.22. The Labute approximate surface area is 79.3 Å². The molecule has 0 aromatic heterocycles. The average molecular weight is 210 g/mol. The van der Waals surface area contributed by atoms with Gasteiger partial charge in [0.25, 0.3) is 5.91 Å². The van der Waals surface area contributed by atoms with Gasteiger partial charge in [0.05, 0.1) is 6.61 Å². The summed E-state index contributed by atoms with van der Waals surface area (Å²) in [4.78, 5) is 0. The molecule has 0 spiro atoms. The number of rotatable bonds is 1. The van der Waals surface area contributed by atoms with Gasteiger partial charge in [-0.05, 0) is 0 Å². The van der Waals surface area contributed by atoms with E-state index < -0.39 is 36.6 Å². The molecular formula is C6H14N2O6. The maximum Gasteiger partial charge on any atom is 0.270 e. The maximum absolute atomic E-state index is 9.34. The molecule has 1 aliphatic rings. The van der Waals surface area contributed by atoms with E-state index in [1.165, 1.54) is 0 Å². The summed E-state index contributed by atoms with van der Waals surface area (Å²) in [6, 6.07) is 0. The Morgan fingerprint density at radius 1 is 1.21 bits per heavy atom. The van der Waals surface area contributed by atoms with Gasteiger partial charge in [0.2, 0.25) is 5.72 Å². The van der Waals surface area contributed by atoms with Gasteiger partial charge in [-0.2, -0.15) is 0 Å². The van der Waals surface area contributed by atoms with E-state index >= 15 is 0 Å². The van der Waals surface area contributed by atoms with Crippen molar-refractivity contribution in [2.75, 3.05) is 6.61 Å². The van der Waals surface area contributed by atoms with Crippen molar-refractivity contribution in [2.24, 2.45) is 11.5 Å². The van der Waals surface area contributed by atoms with Crippen LogP contribution in [-0.2, 0) is 4.74 Å². The van der Waals surface area contributed by atoms with Gasteiger partial charge in [-0.3, -0.25) is 11.5 Å². The largest absolute Gasteiger partial charge is 0.394 e. The summed E-state index contributed by atoms with van der Waals surface area (Å²) in [6.45, 7) is -0.687. The average Bonchev–Trinajstić information content (AvgIpc) is 2.09. The Hall–Kier alpha value is -0.320. The zero-order valence-electron chi connectivity index (χ0n) is 7.24. The van der Waals surface area contributed by atoms with Crippen LogP contribution in [0.5, 0.6) is 0 Å². The molecule has 8 nitrogen and oxygen atoms in total. The summed E-state index contributed by atoms with van der Waals surface area (Å²) in [5, 5.41) is 45.9. The van der Waals surface area contributed by atoms with E-state index in [0.29, 0.717) is 0 Å². The molecule has 9 N–H and O–H groups in total. The van der Waals surface area contributed by atoms with E-state index in [-0.39, 0.29) is 0 Å². The lowest BCUT2D eigenvalue weighted by Crippen LogP contribution is -2.80. The molecule has 1 rings (SSSR count). The number of nitrogens with two attached hydrogens (primary N) is 2. The van der Waals surface area contributed by atoms with Gasteiger partial charge in [0.15, 0.2) is 0 Å². The molecular weight excluding hydrogens is 196 g/mol. The maximum atomic E-state index is 9.34. The minimum atomic E-state index is -2.74. The molecule has 84 valence electrons.